The molecule has 0 aromatic carbocycles. The van der Waals surface area contributed by atoms with Gasteiger partial charge in [-0.2, -0.15) is 0 Å². The summed E-state index contributed by atoms with van der Waals surface area (Å²) in [5, 5.41) is 14.2. The quantitative estimate of drug-likeness (QED) is 0.463. The maximum Gasteiger partial charge on any atom is 0.326 e. The Bertz CT molecular complexity index is 535. The summed E-state index contributed by atoms with van der Waals surface area (Å²) in [6.45, 7) is 6.82. The highest BCUT2D eigenvalue weighted by atomic mass is 16.4. The lowest BCUT2D eigenvalue weighted by Gasteiger charge is -2.29. The highest BCUT2D eigenvalue weighted by Gasteiger charge is 2.38. The minimum absolute atomic E-state index is 0.281. The van der Waals surface area contributed by atoms with E-state index >= 15 is 0 Å². The number of hydrogen-bond donors (Lipinski definition) is 4. The predicted octanol–water partition coefficient (Wildman–Crippen LogP) is -0.945. The van der Waals surface area contributed by atoms with E-state index in [9.17, 15) is 24.3 Å². The second-order valence-corrected chi connectivity index (χ2v) is 6.78. The summed E-state index contributed by atoms with van der Waals surface area (Å²) in [4.78, 5) is 49.3. The molecule has 0 saturated carbocycles. The molecule has 0 aromatic rings. The summed E-state index contributed by atoms with van der Waals surface area (Å²) in [5.74, 6) is -2.72. The van der Waals surface area contributed by atoms with Gasteiger partial charge in [-0.3, -0.25) is 14.4 Å². The number of hydrogen-bond acceptors (Lipinski definition) is 5. The molecule has 0 spiro atoms. The van der Waals surface area contributed by atoms with E-state index in [1.807, 2.05) is 0 Å². The van der Waals surface area contributed by atoms with Crippen molar-refractivity contribution in [3.05, 3.63) is 0 Å². The van der Waals surface area contributed by atoms with Crippen molar-refractivity contribution in [1.29, 1.82) is 0 Å². The van der Waals surface area contributed by atoms with E-state index in [-0.39, 0.29) is 11.8 Å². The number of amides is 3. The molecular formula is C16H28N4O5. The van der Waals surface area contributed by atoms with Gasteiger partial charge in [-0.25, -0.2) is 4.79 Å². The van der Waals surface area contributed by atoms with Gasteiger partial charge in [-0.05, 0) is 32.6 Å². The second-order valence-electron chi connectivity index (χ2n) is 6.78. The topological polar surface area (TPSA) is 142 Å². The first-order valence-corrected chi connectivity index (χ1v) is 8.45. The van der Waals surface area contributed by atoms with Crippen LogP contribution >= 0.6 is 0 Å². The van der Waals surface area contributed by atoms with Gasteiger partial charge in [0.1, 0.15) is 18.1 Å². The normalized spacial score (nSPS) is 20.7. The molecule has 3 amide bonds. The molecule has 4 atom stereocenters. The van der Waals surface area contributed by atoms with E-state index in [1.54, 1.807) is 13.8 Å². The van der Waals surface area contributed by atoms with Crippen LogP contribution in [0.25, 0.3) is 0 Å². The van der Waals surface area contributed by atoms with Gasteiger partial charge in [0.2, 0.25) is 17.7 Å². The SMILES string of the molecule is CC(N)C(=O)NC(C)C(=O)N1CCCC1C(=O)NC(C(=O)O)C(C)C. The first kappa shape index (κ1) is 20.9. The monoisotopic (exact) mass is 356 g/mol. The maximum absolute atomic E-state index is 12.5. The lowest BCUT2D eigenvalue weighted by atomic mass is 10.0. The molecule has 1 aliphatic heterocycles. The molecule has 142 valence electrons. The Balaban J connectivity index is 2.77. The van der Waals surface area contributed by atoms with E-state index in [1.165, 1.54) is 18.7 Å². The largest absolute Gasteiger partial charge is 0.480 e. The molecular weight excluding hydrogens is 328 g/mol. The molecule has 9 nitrogen and oxygen atoms in total. The smallest absolute Gasteiger partial charge is 0.326 e. The van der Waals surface area contributed by atoms with Gasteiger partial charge in [-0.15, -0.1) is 0 Å². The third kappa shape index (κ3) is 5.42. The second kappa shape index (κ2) is 8.80. The van der Waals surface area contributed by atoms with Gasteiger partial charge in [0.25, 0.3) is 0 Å². The molecule has 4 unspecified atom stereocenters. The Kier molecular flexibility index (Phi) is 7.35. The molecule has 25 heavy (non-hydrogen) atoms. The first-order chi connectivity index (χ1) is 11.6. The fourth-order valence-electron chi connectivity index (χ4n) is 2.72. The molecule has 9 heteroatoms. The minimum atomic E-state index is -1.11. The fraction of sp³-hybridized carbons (Fsp3) is 0.750. The first-order valence-electron chi connectivity index (χ1n) is 8.45. The molecule has 1 aliphatic rings. The number of carboxylic acids is 1. The standard InChI is InChI=1S/C16H28N4O5/c1-8(2)12(16(24)25)19-14(22)11-6-5-7-20(11)15(23)10(4)18-13(21)9(3)17/h8-12H,5-7,17H2,1-4H3,(H,18,21)(H,19,22)(H,24,25). The molecule has 1 saturated heterocycles. The molecule has 0 radical (unpaired) electrons. The molecule has 1 rings (SSSR count). The number of nitrogens with zero attached hydrogens (tertiary/aromatic N) is 1. The number of likely N-dealkylation sites (tertiary alicyclic amines) is 1. The summed E-state index contributed by atoms with van der Waals surface area (Å²) >= 11 is 0. The number of aliphatic carboxylic acids is 1. The Hall–Kier alpha value is -2.16. The maximum atomic E-state index is 12.5. The van der Waals surface area contributed by atoms with Crippen LogP contribution in [0.2, 0.25) is 0 Å². The summed E-state index contributed by atoms with van der Waals surface area (Å²) in [6.07, 6.45) is 1.09. The Morgan fingerprint density at radius 3 is 2.20 bits per heavy atom. The lowest BCUT2D eigenvalue weighted by molar-refractivity contribution is -0.145. The molecule has 1 heterocycles. The van der Waals surface area contributed by atoms with E-state index in [0.717, 1.165) is 0 Å². The molecule has 0 aliphatic carbocycles. The van der Waals surface area contributed by atoms with E-state index in [0.29, 0.717) is 19.4 Å². The zero-order valence-electron chi connectivity index (χ0n) is 15.1. The van der Waals surface area contributed by atoms with E-state index in [2.05, 4.69) is 10.6 Å². The van der Waals surface area contributed by atoms with Crippen molar-refractivity contribution in [2.45, 2.75) is 64.7 Å². The Morgan fingerprint density at radius 1 is 1.12 bits per heavy atom. The highest BCUT2D eigenvalue weighted by Crippen LogP contribution is 2.19. The number of carbonyl (C=O) groups is 4. The molecule has 5 N–H and O–H groups in total. The number of carbonyl (C=O) groups excluding carboxylic acids is 3. The zero-order chi connectivity index (χ0) is 19.3. The van der Waals surface area contributed by atoms with Crippen LogP contribution in [0, 0.1) is 5.92 Å². The van der Waals surface area contributed by atoms with Crippen molar-refractivity contribution in [1.82, 2.24) is 15.5 Å². The van der Waals surface area contributed by atoms with Gasteiger partial charge in [0.05, 0.1) is 6.04 Å². The third-order valence-corrected chi connectivity index (χ3v) is 4.21. The van der Waals surface area contributed by atoms with Crippen molar-refractivity contribution in [2.75, 3.05) is 6.54 Å². The van der Waals surface area contributed by atoms with Gasteiger partial charge < -0.3 is 26.4 Å². The van der Waals surface area contributed by atoms with Crippen LogP contribution < -0.4 is 16.4 Å². The van der Waals surface area contributed by atoms with Crippen molar-refractivity contribution >= 4 is 23.7 Å². The average Bonchev–Trinajstić information content (AvgIpc) is 3.00. The van der Waals surface area contributed by atoms with E-state index < -0.39 is 42.0 Å². The van der Waals surface area contributed by atoms with Crippen molar-refractivity contribution < 1.29 is 24.3 Å². The van der Waals surface area contributed by atoms with E-state index in [4.69, 9.17) is 5.73 Å². The summed E-state index contributed by atoms with van der Waals surface area (Å²) in [6, 6.07) is -3.30. The lowest BCUT2D eigenvalue weighted by Crippen LogP contribution is -2.56. The predicted molar refractivity (Wildman–Crippen MR) is 90.4 cm³/mol. The summed E-state index contributed by atoms with van der Waals surface area (Å²) in [7, 11) is 0. The Labute approximate surface area is 147 Å². The number of carboxylic acid groups (broad SMARTS) is 1. The van der Waals surface area contributed by atoms with Crippen LogP contribution in [0.4, 0.5) is 0 Å². The fourth-order valence-corrected chi connectivity index (χ4v) is 2.72. The van der Waals surface area contributed by atoms with Crippen molar-refractivity contribution in [2.24, 2.45) is 11.7 Å². The van der Waals surface area contributed by atoms with Crippen LogP contribution in [0.5, 0.6) is 0 Å². The van der Waals surface area contributed by atoms with Gasteiger partial charge in [-0.1, -0.05) is 13.8 Å². The summed E-state index contributed by atoms with van der Waals surface area (Å²) in [5.41, 5.74) is 5.47. The van der Waals surface area contributed by atoms with Crippen LogP contribution in [0.1, 0.15) is 40.5 Å². The number of nitrogens with one attached hydrogen (secondary N) is 2. The van der Waals surface area contributed by atoms with Gasteiger partial charge >= 0.3 is 5.97 Å². The average molecular weight is 356 g/mol. The van der Waals surface area contributed by atoms with Crippen LogP contribution in [-0.2, 0) is 19.2 Å². The van der Waals surface area contributed by atoms with Crippen LogP contribution in [0.15, 0.2) is 0 Å². The van der Waals surface area contributed by atoms with Crippen LogP contribution in [0.3, 0.4) is 0 Å². The van der Waals surface area contributed by atoms with Crippen LogP contribution in [-0.4, -0.2) is 64.4 Å². The van der Waals surface area contributed by atoms with Crippen molar-refractivity contribution in [3.8, 4) is 0 Å². The van der Waals surface area contributed by atoms with Gasteiger partial charge in [0.15, 0.2) is 0 Å². The number of nitrogens with two attached hydrogens (primary N) is 1. The number of rotatable bonds is 7. The third-order valence-electron chi connectivity index (χ3n) is 4.21. The highest BCUT2D eigenvalue weighted by molar-refractivity contribution is 5.94. The van der Waals surface area contributed by atoms with Gasteiger partial charge in [0, 0.05) is 6.54 Å². The molecule has 0 bridgehead atoms. The van der Waals surface area contributed by atoms with Crippen molar-refractivity contribution in [3.63, 3.8) is 0 Å². The summed E-state index contributed by atoms with van der Waals surface area (Å²) < 4.78 is 0. The minimum Gasteiger partial charge on any atom is -0.480 e. The Morgan fingerprint density at radius 2 is 1.72 bits per heavy atom. The zero-order valence-corrected chi connectivity index (χ0v) is 15.1. The molecule has 1 fully saturated rings. The molecule has 0 aromatic heterocycles.